The van der Waals surface area contributed by atoms with Crippen LogP contribution in [0.25, 0.3) is 11.0 Å². The van der Waals surface area contributed by atoms with Gasteiger partial charge in [-0.3, -0.25) is 4.79 Å². The summed E-state index contributed by atoms with van der Waals surface area (Å²) in [7, 11) is -1.54. The molecule has 0 spiro atoms. The van der Waals surface area contributed by atoms with Crippen molar-refractivity contribution in [3.05, 3.63) is 47.8 Å². The van der Waals surface area contributed by atoms with Crippen LogP contribution in [0.15, 0.2) is 41.4 Å². The van der Waals surface area contributed by atoms with E-state index in [0.717, 1.165) is 17.3 Å². The Balaban J connectivity index is 1.60. The maximum absolute atomic E-state index is 12.9. The molecule has 0 saturated carbocycles. The molecule has 0 aliphatic carbocycles. The number of carbonyl (C=O) groups is 1. The number of rotatable bonds is 8. The number of benzene rings is 1. The average molecular weight is 445 g/mol. The first-order valence-electron chi connectivity index (χ1n) is 10.1. The van der Waals surface area contributed by atoms with Crippen molar-refractivity contribution in [2.45, 2.75) is 38.1 Å². The minimum absolute atomic E-state index is 0.108. The molecule has 3 rings (SSSR count). The largest absolute Gasteiger partial charge is 0.493 e. The van der Waals surface area contributed by atoms with E-state index in [1.54, 1.807) is 30.3 Å². The van der Waals surface area contributed by atoms with Crippen LogP contribution in [0.1, 0.15) is 42.4 Å². The van der Waals surface area contributed by atoms with Crippen LogP contribution in [0, 0.1) is 6.92 Å². The number of nitrogens with zero attached hydrogens (tertiary/aromatic N) is 4. The van der Waals surface area contributed by atoms with Gasteiger partial charge in [-0.05, 0) is 51.5 Å². The number of sulfone groups is 1. The Bertz CT molecular complexity index is 1200. The molecule has 166 valence electrons. The Morgan fingerprint density at radius 3 is 2.68 bits per heavy atom. The molecule has 0 bridgehead atoms. The Hall–Kier alpha value is -2.94. The van der Waals surface area contributed by atoms with E-state index in [4.69, 9.17) is 4.74 Å². The lowest BCUT2D eigenvalue weighted by atomic mass is 10.1. The second kappa shape index (κ2) is 9.05. The number of hydrogen-bond donors (Lipinski definition) is 0. The maximum atomic E-state index is 12.9. The van der Waals surface area contributed by atoms with Crippen molar-refractivity contribution in [3.8, 4) is 5.75 Å². The summed E-state index contributed by atoms with van der Waals surface area (Å²) in [4.78, 5) is 19.4. The van der Waals surface area contributed by atoms with Crippen LogP contribution in [0.5, 0.6) is 5.75 Å². The summed E-state index contributed by atoms with van der Waals surface area (Å²) in [6.07, 6.45) is 3.50. The number of fused-ring (bicyclic) bond motifs is 1. The summed E-state index contributed by atoms with van der Waals surface area (Å²) in [5.74, 6) is 0.382. The van der Waals surface area contributed by atoms with Crippen molar-refractivity contribution in [1.82, 2.24) is 19.7 Å². The zero-order chi connectivity index (χ0) is 22.8. The lowest BCUT2D eigenvalue weighted by molar-refractivity contribution is 0.0787. The van der Waals surface area contributed by atoms with Crippen molar-refractivity contribution in [3.63, 3.8) is 0 Å². The quantitative estimate of drug-likeness (QED) is 0.495. The van der Waals surface area contributed by atoms with Crippen molar-refractivity contribution in [2.75, 3.05) is 26.5 Å². The molecule has 1 aromatic carbocycles. The number of amides is 1. The van der Waals surface area contributed by atoms with E-state index in [1.807, 2.05) is 31.5 Å². The lowest BCUT2D eigenvalue weighted by Gasteiger charge is -2.18. The fourth-order valence-electron chi connectivity index (χ4n) is 3.25. The van der Waals surface area contributed by atoms with E-state index in [0.29, 0.717) is 36.6 Å². The number of pyridine rings is 1. The fourth-order valence-corrected chi connectivity index (χ4v) is 3.91. The molecule has 8 nitrogen and oxygen atoms in total. The van der Waals surface area contributed by atoms with E-state index in [1.165, 1.54) is 12.1 Å². The highest BCUT2D eigenvalue weighted by Gasteiger charge is 2.18. The Morgan fingerprint density at radius 1 is 1.26 bits per heavy atom. The van der Waals surface area contributed by atoms with Crippen molar-refractivity contribution >= 4 is 26.8 Å². The molecule has 0 aliphatic heterocycles. The molecule has 1 amide bonds. The Labute approximate surface area is 182 Å². The number of hydrogen-bond acceptors (Lipinski definition) is 6. The highest BCUT2D eigenvalue weighted by atomic mass is 32.2. The van der Waals surface area contributed by atoms with Gasteiger partial charge in [-0.1, -0.05) is 6.07 Å². The van der Waals surface area contributed by atoms with Crippen molar-refractivity contribution in [2.24, 2.45) is 0 Å². The van der Waals surface area contributed by atoms with Gasteiger partial charge in [0, 0.05) is 31.3 Å². The maximum Gasteiger partial charge on any atom is 0.255 e. The van der Waals surface area contributed by atoms with Gasteiger partial charge in [0.25, 0.3) is 5.91 Å². The summed E-state index contributed by atoms with van der Waals surface area (Å²) in [6.45, 7) is 6.76. The van der Waals surface area contributed by atoms with Crippen LogP contribution >= 0.6 is 0 Å². The third kappa shape index (κ3) is 5.22. The highest BCUT2D eigenvalue weighted by molar-refractivity contribution is 7.90. The molecule has 0 N–H and O–H groups in total. The molecule has 0 saturated heterocycles. The second-order valence-corrected chi connectivity index (χ2v) is 9.91. The molecular weight excluding hydrogens is 416 g/mol. The monoisotopic (exact) mass is 444 g/mol. The number of aryl methyl sites for hydroxylation is 1. The van der Waals surface area contributed by atoms with Gasteiger partial charge in [0.2, 0.25) is 0 Å². The van der Waals surface area contributed by atoms with Gasteiger partial charge in [-0.2, -0.15) is 5.10 Å². The number of carbonyl (C=O) groups excluding carboxylic acids is 1. The minimum Gasteiger partial charge on any atom is -0.493 e. The SMILES string of the molecule is Cc1nc2c(cnn2C(C)C)cc1C(=O)N(C)CCCOc1cccc(S(C)(=O)=O)c1. The van der Waals surface area contributed by atoms with Gasteiger partial charge < -0.3 is 9.64 Å². The predicted molar refractivity (Wildman–Crippen MR) is 119 cm³/mol. The highest BCUT2D eigenvalue weighted by Crippen LogP contribution is 2.21. The zero-order valence-electron chi connectivity index (χ0n) is 18.5. The summed E-state index contributed by atoms with van der Waals surface area (Å²) in [5, 5.41) is 5.21. The summed E-state index contributed by atoms with van der Waals surface area (Å²) >= 11 is 0. The van der Waals surface area contributed by atoms with Gasteiger partial charge in [0.05, 0.1) is 29.0 Å². The van der Waals surface area contributed by atoms with Crippen molar-refractivity contribution < 1.29 is 17.9 Å². The first kappa shape index (κ1) is 22.7. The van der Waals surface area contributed by atoms with Gasteiger partial charge in [-0.15, -0.1) is 0 Å². The molecule has 0 unspecified atom stereocenters. The molecule has 9 heteroatoms. The van der Waals surface area contributed by atoms with Crippen LogP contribution < -0.4 is 4.74 Å². The molecule has 2 aromatic heterocycles. The molecule has 31 heavy (non-hydrogen) atoms. The van der Waals surface area contributed by atoms with E-state index in [-0.39, 0.29) is 16.8 Å². The summed E-state index contributed by atoms with van der Waals surface area (Å²) < 4.78 is 30.8. The third-order valence-corrected chi connectivity index (χ3v) is 6.08. The molecule has 2 heterocycles. The minimum atomic E-state index is -3.28. The molecule has 0 atom stereocenters. The standard InChI is InChI=1S/C22H28N4O4S/c1-15(2)26-21-17(14-23-26)12-20(16(3)24-21)22(27)25(4)10-7-11-30-18-8-6-9-19(13-18)31(5,28)29/h6,8-9,12-15H,7,10-11H2,1-5H3. The van der Waals surface area contributed by atoms with Crippen LogP contribution in [0.2, 0.25) is 0 Å². The van der Waals surface area contributed by atoms with Crippen LogP contribution in [0.3, 0.4) is 0 Å². The van der Waals surface area contributed by atoms with Gasteiger partial charge in [0.15, 0.2) is 15.5 Å². The molecule has 0 aliphatic rings. The smallest absolute Gasteiger partial charge is 0.255 e. The van der Waals surface area contributed by atoms with Gasteiger partial charge >= 0.3 is 0 Å². The van der Waals surface area contributed by atoms with Crippen LogP contribution in [-0.4, -0.2) is 60.4 Å². The van der Waals surface area contributed by atoms with Crippen LogP contribution in [-0.2, 0) is 9.84 Å². The molecule has 0 radical (unpaired) electrons. The lowest BCUT2D eigenvalue weighted by Crippen LogP contribution is -2.29. The normalized spacial score (nSPS) is 11.8. The van der Waals surface area contributed by atoms with Crippen molar-refractivity contribution in [1.29, 1.82) is 0 Å². The van der Waals surface area contributed by atoms with E-state index in [2.05, 4.69) is 10.1 Å². The zero-order valence-corrected chi connectivity index (χ0v) is 19.3. The first-order chi connectivity index (χ1) is 14.6. The molecule has 0 fully saturated rings. The fraction of sp³-hybridized carbons (Fsp3) is 0.409. The average Bonchev–Trinajstić information content (AvgIpc) is 3.12. The second-order valence-electron chi connectivity index (χ2n) is 7.89. The van der Waals surface area contributed by atoms with Crippen LogP contribution in [0.4, 0.5) is 0 Å². The predicted octanol–water partition coefficient (Wildman–Crippen LogP) is 3.27. The number of aromatic nitrogens is 3. The molecule has 3 aromatic rings. The summed E-state index contributed by atoms with van der Waals surface area (Å²) in [6, 6.07) is 8.43. The third-order valence-electron chi connectivity index (χ3n) is 4.97. The molecular formula is C22H28N4O4S. The topological polar surface area (TPSA) is 94.4 Å². The summed E-state index contributed by atoms with van der Waals surface area (Å²) in [5.41, 5.74) is 2.00. The number of ether oxygens (including phenoxy) is 1. The van der Waals surface area contributed by atoms with Gasteiger partial charge in [-0.25, -0.2) is 18.1 Å². The first-order valence-corrected chi connectivity index (χ1v) is 12.0. The van der Waals surface area contributed by atoms with E-state index in [9.17, 15) is 13.2 Å². The van der Waals surface area contributed by atoms with Gasteiger partial charge in [0.1, 0.15) is 5.75 Å². The Kier molecular flexibility index (Phi) is 6.64. The Morgan fingerprint density at radius 2 is 2.00 bits per heavy atom. The van der Waals surface area contributed by atoms with E-state index >= 15 is 0 Å². The van der Waals surface area contributed by atoms with E-state index < -0.39 is 9.84 Å².